The van der Waals surface area contributed by atoms with Crippen LogP contribution in [0.1, 0.15) is 41.5 Å². The van der Waals surface area contributed by atoms with Gasteiger partial charge in [-0.1, -0.05) is 44.0 Å². The number of methoxy groups -OCH3 is 2. The fourth-order valence-corrected chi connectivity index (χ4v) is 4.22. The standard InChI is InChI=1S/C16H12Br2O4/c1-21-15(19)9-5-3-7-11-8(14(18)13(7)17)4-6-10(12(9)11)16(20)22-2/h3-6,13-14H,1-2H3. The SMILES string of the molecule is COC(=O)c1ccc2c3c(ccc(C(=O)OC)c13)C(Br)C2Br. The average Bonchev–Trinajstić information content (AvgIpc) is 2.80. The fourth-order valence-electron chi connectivity index (χ4n) is 2.88. The lowest BCUT2D eigenvalue weighted by molar-refractivity contribution is 0.0601. The second kappa shape index (κ2) is 5.66. The minimum Gasteiger partial charge on any atom is -0.465 e. The van der Waals surface area contributed by atoms with Crippen molar-refractivity contribution in [1.29, 1.82) is 0 Å². The molecule has 0 aromatic heterocycles. The molecule has 6 heteroatoms. The van der Waals surface area contributed by atoms with Gasteiger partial charge in [-0.25, -0.2) is 9.59 Å². The summed E-state index contributed by atoms with van der Waals surface area (Å²) < 4.78 is 9.70. The normalized spacial score (nSPS) is 19.3. The van der Waals surface area contributed by atoms with Crippen molar-refractivity contribution in [3.63, 3.8) is 0 Å². The highest BCUT2D eigenvalue weighted by Gasteiger charge is 2.34. The molecule has 0 radical (unpaired) electrons. The molecule has 0 heterocycles. The molecular weight excluding hydrogens is 416 g/mol. The van der Waals surface area contributed by atoms with Crippen molar-refractivity contribution in [2.45, 2.75) is 9.65 Å². The zero-order valence-corrected chi connectivity index (χ0v) is 15.0. The third kappa shape index (κ3) is 2.08. The number of rotatable bonds is 2. The number of hydrogen-bond donors (Lipinski definition) is 0. The third-order valence-corrected chi connectivity index (χ3v) is 6.64. The number of benzene rings is 2. The minimum absolute atomic E-state index is 0.0737. The summed E-state index contributed by atoms with van der Waals surface area (Å²) >= 11 is 7.31. The first-order valence-electron chi connectivity index (χ1n) is 6.55. The van der Waals surface area contributed by atoms with Crippen molar-refractivity contribution in [3.05, 3.63) is 46.5 Å². The third-order valence-electron chi connectivity index (χ3n) is 3.89. The van der Waals surface area contributed by atoms with Gasteiger partial charge >= 0.3 is 11.9 Å². The molecule has 2 aromatic rings. The molecule has 0 bridgehead atoms. The van der Waals surface area contributed by atoms with E-state index in [2.05, 4.69) is 31.9 Å². The van der Waals surface area contributed by atoms with Crippen molar-refractivity contribution < 1.29 is 19.1 Å². The molecule has 1 aliphatic carbocycles. The molecule has 4 nitrogen and oxygen atoms in total. The summed E-state index contributed by atoms with van der Waals surface area (Å²) in [5.41, 5.74) is 2.80. The molecule has 0 fully saturated rings. The van der Waals surface area contributed by atoms with E-state index in [1.807, 2.05) is 12.1 Å². The molecule has 2 aromatic carbocycles. The van der Waals surface area contributed by atoms with Gasteiger partial charge in [0.25, 0.3) is 0 Å². The van der Waals surface area contributed by atoms with E-state index in [1.165, 1.54) is 14.2 Å². The molecule has 22 heavy (non-hydrogen) atoms. The van der Waals surface area contributed by atoms with Gasteiger partial charge in [-0.15, -0.1) is 0 Å². The molecule has 2 atom stereocenters. The predicted octanol–water partition coefficient (Wildman–Crippen LogP) is 4.30. The van der Waals surface area contributed by atoms with Crippen LogP contribution in [-0.2, 0) is 9.47 Å². The van der Waals surface area contributed by atoms with Gasteiger partial charge in [-0.2, -0.15) is 0 Å². The summed E-state index contributed by atoms with van der Waals surface area (Å²) in [5, 5.41) is 1.48. The van der Waals surface area contributed by atoms with Crippen molar-refractivity contribution in [1.82, 2.24) is 0 Å². The summed E-state index contributed by atoms with van der Waals surface area (Å²) in [7, 11) is 2.65. The Morgan fingerprint density at radius 2 is 1.23 bits per heavy atom. The van der Waals surface area contributed by atoms with Crippen LogP contribution >= 0.6 is 31.9 Å². The second-order valence-corrected chi connectivity index (χ2v) is 6.91. The number of carbonyl (C=O) groups is 2. The van der Waals surface area contributed by atoms with E-state index in [4.69, 9.17) is 9.47 Å². The van der Waals surface area contributed by atoms with Crippen molar-refractivity contribution >= 4 is 54.6 Å². The number of ether oxygens (including phenoxy) is 2. The first kappa shape index (κ1) is 15.5. The van der Waals surface area contributed by atoms with Crippen LogP contribution in [0, 0.1) is 0 Å². The molecule has 0 saturated carbocycles. The van der Waals surface area contributed by atoms with E-state index in [9.17, 15) is 9.59 Å². The zero-order chi connectivity index (χ0) is 16.0. The first-order chi connectivity index (χ1) is 10.5. The maximum Gasteiger partial charge on any atom is 0.338 e. The van der Waals surface area contributed by atoms with Crippen molar-refractivity contribution in [2.24, 2.45) is 0 Å². The highest BCUT2D eigenvalue weighted by molar-refractivity contribution is 9.12. The molecule has 0 saturated heterocycles. The molecular formula is C16H12Br2O4. The predicted molar refractivity (Wildman–Crippen MR) is 90.0 cm³/mol. The fraction of sp³-hybridized carbons (Fsp3) is 0.250. The van der Waals surface area contributed by atoms with Crippen LogP contribution in [-0.4, -0.2) is 26.2 Å². The maximum atomic E-state index is 12.1. The maximum absolute atomic E-state index is 12.1. The topological polar surface area (TPSA) is 52.6 Å². The van der Waals surface area contributed by atoms with E-state index in [-0.39, 0.29) is 9.65 Å². The van der Waals surface area contributed by atoms with Gasteiger partial charge in [-0.3, -0.25) is 0 Å². The van der Waals surface area contributed by atoms with E-state index >= 15 is 0 Å². The van der Waals surface area contributed by atoms with Gasteiger partial charge < -0.3 is 9.47 Å². The summed E-state index contributed by atoms with van der Waals surface area (Å²) in [4.78, 5) is 24.3. The number of esters is 2. The Balaban J connectivity index is 2.45. The molecule has 0 spiro atoms. The van der Waals surface area contributed by atoms with Gasteiger partial charge in [0, 0.05) is 5.39 Å². The van der Waals surface area contributed by atoms with Gasteiger partial charge in [0.1, 0.15) is 0 Å². The summed E-state index contributed by atoms with van der Waals surface area (Å²) in [6, 6.07) is 7.16. The lowest BCUT2D eigenvalue weighted by Gasteiger charge is -2.11. The highest BCUT2D eigenvalue weighted by Crippen LogP contribution is 2.53. The van der Waals surface area contributed by atoms with Crippen LogP contribution in [0.3, 0.4) is 0 Å². The van der Waals surface area contributed by atoms with Gasteiger partial charge in [-0.05, 0) is 28.6 Å². The summed E-state index contributed by atoms with van der Waals surface area (Å²) in [6.07, 6.45) is 0. The van der Waals surface area contributed by atoms with Crippen LogP contribution in [0.5, 0.6) is 0 Å². The molecule has 3 rings (SSSR count). The van der Waals surface area contributed by atoms with E-state index in [0.717, 1.165) is 16.5 Å². The smallest absolute Gasteiger partial charge is 0.338 e. The quantitative estimate of drug-likeness (QED) is 0.529. The van der Waals surface area contributed by atoms with Gasteiger partial charge in [0.15, 0.2) is 0 Å². The van der Waals surface area contributed by atoms with E-state index in [0.29, 0.717) is 16.5 Å². The van der Waals surface area contributed by atoms with E-state index < -0.39 is 11.9 Å². The Kier molecular flexibility index (Phi) is 3.99. The highest BCUT2D eigenvalue weighted by atomic mass is 79.9. The molecule has 0 N–H and O–H groups in total. The number of halogens is 2. The Morgan fingerprint density at radius 3 is 1.59 bits per heavy atom. The first-order valence-corrected chi connectivity index (χ1v) is 8.38. The molecule has 2 unspecified atom stereocenters. The monoisotopic (exact) mass is 426 g/mol. The molecule has 1 aliphatic rings. The van der Waals surface area contributed by atoms with Crippen LogP contribution in [0.4, 0.5) is 0 Å². The van der Waals surface area contributed by atoms with Crippen molar-refractivity contribution in [2.75, 3.05) is 14.2 Å². The zero-order valence-electron chi connectivity index (χ0n) is 11.9. The van der Waals surface area contributed by atoms with Crippen LogP contribution in [0.25, 0.3) is 10.8 Å². The van der Waals surface area contributed by atoms with Crippen LogP contribution in [0.2, 0.25) is 0 Å². The Bertz CT molecular complexity index is 738. The number of hydrogen-bond acceptors (Lipinski definition) is 4. The Morgan fingerprint density at radius 1 is 0.818 bits per heavy atom. The van der Waals surface area contributed by atoms with Crippen LogP contribution in [0.15, 0.2) is 24.3 Å². The van der Waals surface area contributed by atoms with Gasteiger partial charge in [0.05, 0.1) is 35.0 Å². The summed E-state index contributed by atoms with van der Waals surface area (Å²) in [6.45, 7) is 0. The van der Waals surface area contributed by atoms with Crippen molar-refractivity contribution in [3.8, 4) is 0 Å². The summed E-state index contributed by atoms with van der Waals surface area (Å²) in [5.74, 6) is -0.948. The number of carbonyl (C=O) groups excluding carboxylic acids is 2. The largest absolute Gasteiger partial charge is 0.465 e. The lowest BCUT2D eigenvalue weighted by atomic mass is 9.95. The molecule has 0 aliphatic heterocycles. The number of alkyl halides is 2. The Labute approximate surface area is 144 Å². The van der Waals surface area contributed by atoms with E-state index in [1.54, 1.807) is 12.1 Å². The Hall–Kier alpha value is -1.40. The minimum atomic E-state index is -0.474. The lowest BCUT2D eigenvalue weighted by Crippen LogP contribution is -2.08. The molecule has 0 amide bonds. The van der Waals surface area contributed by atoms with Gasteiger partial charge in [0.2, 0.25) is 0 Å². The van der Waals surface area contributed by atoms with Crippen LogP contribution < -0.4 is 0 Å². The second-order valence-electron chi connectivity index (χ2n) is 4.94. The average molecular weight is 428 g/mol. The molecule has 114 valence electrons.